The van der Waals surface area contributed by atoms with E-state index < -0.39 is 0 Å². The van der Waals surface area contributed by atoms with Crippen LogP contribution in [0.2, 0.25) is 0 Å². The van der Waals surface area contributed by atoms with Crippen molar-refractivity contribution < 1.29 is 4.68 Å². The van der Waals surface area contributed by atoms with Gasteiger partial charge in [-0.05, 0) is 48.0 Å². The van der Waals surface area contributed by atoms with E-state index in [4.69, 9.17) is 5.10 Å². The molecule has 0 bridgehead atoms. The van der Waals surface area contributed by atoms with Crippen LogP contribution >= 0.6 is 0 Å². The van der Waals surface area contributed by atoms with Crippen LogP contribution in [-0.2, 0) is 11.0 Å². The molecule has 0 radical (unpaired) electrons. The number of pyridine rings is 1. The van der Waals surface area contributed by atoms with Gasteiger partial charge in [0, 0.05) is 37.9 Å². The van der Waals surface area contributed by atoms with Gasteiger partial charge in [0.2, 0.25) is 5.54 Å². The highest BCUT2D eigenvalue weighted by atomic mass is 15.3. The highest BCUT2D eigenvalue weighted by Crippen LogP contribution is 2.27. The molecular formula is C19H28N3+. The van der Waals surface area contributed by atoms with Crippen LogP contribution in [0.4, 0.5) is 0 Å². The van der Waals surface area contributed by atoms with Crippen molar-refractivity contribution in [3.05, 3.63) is 52.6 Å². The maximum absolute atomic E-state index is 4.87. The molecule has 0 aliphatic rings. The molecule has 0 atom stereocenters. The predicted molar refractivity (Wildman–Crippen MR) is 90.0 cm³/mol. The summed E-state index contributed by atoms with van der Waals surface area (Å²) >= 11 is 0. The molecule has 0 N–H and O–H groups in total. The lowest BCUT2D eigenvalue weighted by molar-refractivity contribution is -0.800. The summed E-state index contributed by atoms with van der Waals surface area (Å²) in [4.78, 5) is 4.29. The molecule has 0 aliphatic carbocycles. The minimum Gasteiger partial charge on any atom is -0.264 e. The van der Waals surface area contributed by atoms with Crippen molar-refractivity contribution in [2.45, 2.75) is 66.3 Å². The quantitative estimate of drug-likeness (QED) is 0.790. The number of rotatable bonds is 2. The van der Waals surface area contributed by atoms with Gasteiger partial charge in [-0.3, -0.25) is 4.98 Å². The second kappa shape index (κ2) is 5.45. The van der Waals surface area contributed by atoms with Crippen LogP contribution in [0.1, 0.15) is 62.6 Å². The molecule has 0 unspecified atom stereocenters. The number of aryl methyl sites for hydroxylation is 3. The molecule has 0 saturated carbocycles. The van der Waals surface area contributed by atoms with Crippen LogP contribution in [-0.4, -0.2) is 10.1 Å². The SMILES string of the molecule is Cc1cncc(C)c1C(C)(C)[n+]1ccc(C(C)(C)C)c(C)n1. The van der Waals surface area contributed by atoms with Gasteiger partial charge in [0.1, 0.15) is 5.69 Å². The Morgan fingerprint density at radius 3 is 1.91 bits per heavy atom. The lowest BCUT2D eigenvalue weighted by Gasteiger charge is -2.24. The van der Waals surface area contributed by atoms with E-state index in [1.54, 1.807) is 0 Å². The predicted octanol–water partition coefficient (Wildman–Crippen LogP) is 3.77. The van der Waals surface area contributed by atoms with Gasteiger partial charge >= 0.3 is 0 Å². The Morgan fingerprint density at radius 1 is 0.909 bits per heavy atom. The van der Waals surface area contributed by atoms with E-state index in [0.29, 0.717) is 0 Å². The first-order valence-corrected chi connectivity index (χ1v) is 7.87. The Bertz CT molecular complexity index is 674. The zero-order chi connectivity index (χ0) is 16.7. The van der Waals surface area contributed by atoms with Crippen molar-refractivity contribution in [3.8, 4) is 0 Å². The molecule has 0 aromatic carbocycles. The smallest absolute Gasteiger partial charge is 0.213 e. The first-order valence-electron chi connectivity index (χ1n) is 7.87. The van der Waals surface area contributed by atoms with Gasteiger partial charge in [0.15, 0.2) is 6.20 Å². The fraction of sp³-hybridized carbons (Fsp3) is 0.526. The van der Waals surface area contributed by atoms with Gasteiger partial charge in [-0.25, -0.2) is 0 Å². The van der Waals surface area contributed by atoms with Gasteiger partial charge in [0.05, 0.1) is 0 Å². The van der Waals surface area contributed by atoms with E-state index in [1.807, 2.05) is 12.4 Å². The normalized spacial score (nSPS) is 12.5. The van der Waals surface area contributed by atoms with Crippen molar-refractivity contribution in [1.82, 2.24) is 10.1 Å². The third-order valence-electron chi connectivity index (χ3n) is 4.35. The second-order valence-electron chi connectivity index (χ2n) is 7.72. The third-order valence-corrected chi connectivity index (χ3v) is 4.35. The standard InChI is InChI=1S/C19H28N3/c1-13-11-20-12-14(2)17(13)19(7,8)22-10-9-16(15(3)21-22)18(4,5)6/h9-12H,1-8H3/q+1. The van der Waals surface area contributed by atoms with Crippen LogP contribution in [0, 0.1) is 20.8 Å². The largest absolute Gasteiger partial charge is 0.264 e. The van der Waals surface area contributed by atoms with Crippen LogP contribution in [0.5, 0.6) is 0 Å². The monoisotopic (exact) mass is 298 g/mol. The number of hydrogen-bond donors (Lipinski definition) is 0. The molecule has 3 nitrogen and oxygen atoms in total. The summed E-state index contributed by atoms with van der Waals surface area (Å²) in [5.41, 5.74) is 5.99. The van der Waals surface area contributed by atoms with Gasteiger partial charge in [0.25, 0.3) is 0 Å². The van der Waals surface area contributed by atoms with Crippen LogP contribution in [0.25, 0.3) is 0 Å². The molecule has 3 heteroatoms. The summed E-state index contributed by atoms with van der Waals surface area (Å²) in [7, 11) is 0. The molecule has 0 aliphatic heterocycles. The van der Waals surface area contributed by atoms with Crippen molar-refractivity contribution in [2.75, 3.05) is 0 Å². The fourth-order valence-electron chi connectivity index (χ4n) is 3.40. The van der Waals surface area contributed by atoms with Crippen molar-refractivity contribution in [2.24, 2.45) is 0 Å². The molecule has 2 aromatic heterocycles. The Kier molecular flexibility index (Phi) is 4.12. The number of aromatic nitrogens is 3. The molecule has 0 amide bonds. The average molecular weight is 298 g/mol. The van der Waals surface area contributed by atoms with Gasteiger partial charge in [-0.1, -0.05) is 25.5 Å². The highest BCUT2D eigenvalue weighted by Gasteiger charge is 2.36. The topological polar surface area (TPSA) is 29.7 Å². The Balaban J connectivity index is 2.58. The van der Waals surface area contributed by atoms with Crippen molar-refractivity contribution in [3.63, 3.8) is 0 Å². The zero-order valence-corrected chi connectivity index (χ0v) is 15.2. The van der Waals surface area contributed by atoms with Gasteiger partial charge in [-0.2, -0.15) is 0 Å². The van der Waals surface area contributed by atoms with Crippen LogP contribution < -0.4 is 4.68 Å². The maximum atomic E-state index is 4.87. The highest BCUT2D eigenvalue weighted by molar-refractivity contribution is 5.34. The average Bonchev–Trinajstić information content (AvgIpc) is 2.36. The summed E-state index contributed by atoms with van der Waals surface area (Å²) in [5.74, 6) is 0. The fourth-order valence-corrected chi connectivity index (χ4v) is 3.40. The van der Waals surface area contributed by atoms with E-state index in [2.05, 4.69) is 77.3 Å². The molecule has 0 fully saturated rings. The van der Waals surface area contributed by atoms with E-state index in [0.717, 1.165) is 5.69 Å². The first-order chi connectivity index (χ1) is 10.0. The first kappa shape index (κ1) is 16.6. The number of hydrogen-bond acceptors (Lipinski definition) is 2. The Hall–Kier alpha value is -1.77. The van der Waals surface area contributed by atoms with Crippen LogP contribution in [0.15, 0.2) is 24.7 Å². The van der Waals surface area contributed by atoms with E-state index in [-0.39, 0.29) is 11.0 Å². The van der Waals surface area contributed by atoms with Crippen LogP contribution in [0.3, 0.4) is 0 Å². The molecule has 0 spiro atoms. The summed E-state index contributed by atoms with van der Waals surface area (Å²) in [5, 5.41) is 4.87. The third kappa shape index (κ3) is 2.90. The van der Waals surface area contributed by atoms with Gasteiger partial charge in [-0.15, -0.1) is 0 Å². The van der Waals surface area contributed by atoms with Crippen molar-refractivity contribution >= 4 is 0 Å². The van der Waals surface area contributed by atoms with E-state index >= 15 is 0 Å². The maximum Gasteiger partial charge on any atom is 0.213 e. The minimum atomic E-state index is -0.210. The molecule has 22 heavy (non-hydrogen) atoms. The molecule has 118 valence electrons. The molecule has 0 saturated heterocycles. The summed E-state index contributed by atoms with van der Waals surface area (Å²) in [6, 6.07) is 2.20. The van der Waals surface area contributed by atoms with Crippen molar-refractivity contribution in [1.29, 1.82) is 0 Å². The number of nitrogens with zero attached hydrogens (tertiary/aromatic N) is 3. The van der Waals surface area contributed by atoms with E-state index in [9.17, 15) is 0 Å². The summed E-state index contributed by atoms with van der Waals surface area (Å²) in [6.07, 6.45) is 5.97. The zero-order valence-electron chi connectivity index (χ0n) is 15.2. The van der Waals surface area contributed by atoms with E-state index in [1.165, 1.54) is 22.3 Å². The van der Waals surface area contributed by atoms with Gasteiger partial charge < -0.3 is 0 Å². The summed E-state index contributed by atoms with van der Waals surface area (Å²) < 4.78 is 2.08. The lowest BCUT2D eigenvalue weighted by Crippen LogP contribution is -2.56. The Labute approximate surface area is 134 Å². The molecule has 2 rings (SSSR count). The summed E-state index contributed by atoms with van der Waals surface area (Å²) in [6.45, 7) is 17.4. The second-order valence-corrected chi connectivity index (χ2v) is 7.72. The molecule has 2 aromatic rings. The minimum absolute atomic E-state index is 0.114. The Morgan fingerprint density at radius 2 is 1.45 bits per heavy atom. The lowest BCUT2D eigenvalue weighted by atomic mass is 9.86. The molecular weight excluding hydrogens is 270 g/mol. The molecule has 2 heterocycles.